The number of hydrogen-bond donors (Lipinski definition) is 1. The van der Waals surface area contributed by atoms with Gasteiger partial charge in [-0.15, -0.1) is 6.58 Å². The van der Waals surface area contributed by atoms with Gasteiger partial charge < -0.3 is 5.32 Å². The number of sulfone groups is 1. The van der Waals surface area contributed by atoms with Crippen LogP contribution in [-0.2, 0) is 9.84 Å². The predicted octanol–water partition coefficient (Wildman–Crippen LogP) is 2.86. The van der Waals surface area contributed by atoms with Gasteiger partial charge in [-0.3, -0.25) is 0 Å². The predicted molar refractivity (Wildman–Crippen MR) is 72.1 cm³/mol. The number of nitrogens with one attached hydrogen (secondary N) is 1. The van der Waals surface area contributed by atoms with Crippen LogP contribution in [0.5, 0.6) is 0 Å². The molecular formula is C13H19NO2S. The van der Waals surface area contributed by atoms with Gasteiger partial charge in [0, 0.05) is 12.2 Å². The quantitative estimate of drug-likeness (QED) is 0.600. The van der Waals surface area contributed by atoms with E-state index >= 15 is 0 Å². The van der Waals surface area contributed by atoms with Gasteiger partial charge in [0.1, 0.15) is 0 Å². The molecule has 4 heteroatoms. The molecule has 94 valence electrons. The summed E-state index contributed by atoms with van der Waals surface area (Å²) in [7, 11) is -3.10. The summed E-state index contributed by atoms with van der Waals surface area (Å²) in [4.78, 5) is 0.397. The SMILES string of the molecule is C=CCCNc1ccc(S(=O)(=O)CCC)cc1. The first-order valence-electron chi connectivity index (χ1n) is 5.77. The Hall–Kier alpha value is -1.29. The maximum atomic E-state index is 11.8. The van der Waals surface area contributed by atoms with E-state index < -0.39 is 9.84 Å². The topological polar surface area (TPSA) is 46.2 Å². The van der Waals surface area contributed by atoms with E-state index in [1.165, 1.54) is 0 Å². The molecule has 3 nitrogen and oxygen atoms in total. The number of rotatable bonds is 7. The molecule has 1 aromatic carbocycles. The van der Waals surface area contributed by atoms with E-state index in [-0.39, 0.29) is 5.75 Å². The summed E-state index contributed by atoms with van der Waals surface area (Å²) in [6, 6.07) is 6.90. The molecule has 0 saturated heterocycles. The van der Waals surface area contributed by atoms with Gasteiger partial charge in [0.05, 0.1) is 10.6 Å². The molecule has 0 aromatic heterocycles. The van der Waals surface area contributed by atoms with Crippen molar-refractivity contribution in [1.82, 2.24) is 0 Å². The number of anilines is 1. The van der Waals surface area contributed by atoms with Gasteiger partial charge in [-0.2, -0.15) is 0 Å². The molecule has 0 atom stereocenters. The molecule has 0 aliphatic rings. The van der Waals surface area contributed by atoms with Crippen LogP contribution in [-0.4, -0.2) is 20.7 Å². The molecule has 0 saturated carbocycles. The van der Waals surface area contributed by atoms with Crippen LogP contribution < -0.4 is 5.32 Å². The largest absolute Gasteiger partial charge is 0.385 e. The third-order valence-electron chi connectivity index (χ3n) is 2.36. The summed E-state index contributed by atoms with van der Waals surface area (Å²) in [5.41, 5.74) is 0.933. The molecule has 1 N–H and O–H groups in total. The van der Waals surface area contributed by atoms with Gasteiger partial charge in [0.2, 0.25) is 0 Å². The zero-order valence-corrected chi connectivity index (χ0v) is 11.0. The minimum Gasteiger partial charge on any atom is -0.385 e. The van der Waals surface area contributed by atoms with Crippen molar-refractivity contribution < 1.29 is 8.42 Å². The van der Waals surface area contributed by atoms with Crippen molar-refractivity contribution >= 4 is 15.5 Å². The van der Waals surface area contributed by atoms with Crippen molar-refractivity contribution in [2.45, 2.75) is 24.7 Å². The number of hydrogen-bond acceptors (Lipinski definition) is 3. The maximum absolute atomic E-state index is 11.8. The van der Waals surface area contributed by atoms with Crippen molar-refractivity contribution in [2.75, 3.05) is 17.6 Å². The first-order chi connectivity index (χ1) is 8.10. The van der Waals surface area contributed by atoms with Crippen molar-refractivity contribution in [3.63, 3.8) is 0 Å². The highest BCUT2D eigenvalue weighted by Crippen LogP contribution is 2.15. The molecule has 0 radical (unpaired) electrons. The van der Waals surface area contributed by atoms with E-state index in [1.54, 1.807) is 24.3 Å². The molecule has 1 rings (SSSR count). The molecule has 0 bridgehead atoms. The van der Waals surface area contributed by atoms with E-state index in [0.717, 1.165) is 18.7 Å². The minimum absolute atomic E-state index is 0.205. The molecule has 0 spiro atoms. The van der Waals surface area contributed by atoms with Crippen LogP contribution in [0, 0.1) is 0 Å². The van der Waals surface area contributed by atoms with Crippen molar-refractivity contribution in [3.8, 4) is 0 Å². The first-order valence-corrected chi connectivity index (χ1v) is 7.43. The second-order valence-corrected chi connectivity index (χ2v) is 5.96. The van der Waals surface area contributed by atoms with Crippen molar-refractivity contribution in [2.24, 2.45) is 0 Å². The molecule has 0 aliphatic carbocycles. The molecule has 17 heavy (non-hydrogen) atoms. The normalized spacial score (nSPS) is 11.1. The smallest absolute Gasteiger partial charge is 0.178 e. The van der Waals surface area contributed by atoms with Gasteiger partial charge in [-0.1, -0.05) is 13.0 Å². The first kappa shape index (κ1) is 13.8. The summed E-state index contributed by atoms with van der Waals surface area (Å²) >= 11 is 0. The van der Waals surface area contributed by atoms with Crippen molar-refractivity contribution in [3.05, 3.63) is 36.9 Å². The van der Waals surface area contributed by atoms with E-state index in [1.807, 2.05) is 13.0 Å². The lowest BCUT2D eigenvalue weighted by atomic mass is 10.3. The van der Waals surface area contributed by atoms with Crippen molar-refractivity contribution in [1.29, 1.82) is 0 Å². The van der Waals surface area contributed by atoms with E-state index in [9.17, 15) is 8.42 Å². The molecule has 0 unspecified atom stereocenters. The fourth-order valence-corrected chi connectivity index (χ4v) is 2.81. The zero-order valence-electron chi connectivity index (χ0n) is 10.1. The zero-order chi connectivity index (χ0) is 12.7. The molecule has 0 heterocycles. The van der Waals surface area contributed by atoms with E-state index in [0.29, 0.717) is 11.3 Å². The molecule has 1 aromatic rings. The average Bonchev–Trinajstić information content (AvgIpc) is 2.30. The lowest BCUT2D eigenvalue weighted by Crippen LogP contribution is -2.06. The van der Waals surface area contributed by atoms with Crippen LogP contribution in [0.15, 0.2) is 41.8 Å². The summed E-state index contributed by atoms with van der Waals surface area (Å²) in [6.07, 6.45) is 3.37. The lowest BCUT2D eigenvalue weighted by Gasteiger charge is -2.06. The summed E-state index contributed by atoms with van der Waals surface area (Å²) in [5.74, 6) is 0.205. The number of benzene rings is 1. The Morgan fingerprint density at radius 2 is 1.94 bits per heavy atom. The van der Waals surface area contributed by atoms with Crippen LogP contribution in [0.1, 0.15) is 19.8 Å². The van der Waals surface area contributed by atoms with Crippen LogP contribution in [0.2, 0.25) is 0 Å². The Bertz CT molecular complexity index is 449. The van der Waals surface area contributed by atoms with Crippen LogP contribution in [0.25, 0.3) is 0 Å². The summed E-state index contributed by atoms with van der Waals surface area (Å²) in [6.45, 7) is 6.31. The highest BCUT2D eigenvalue weighted by molar-refractivity contribution is 7.91. The molecular weight excluding hydrogens is 234 g/mol. The van der Waals surface area contributed by atoms with E-state index in [2.05, 4.69) is 11.9 Å². The van der Waals surface area contributed by atoms with E-state index in [4.69, 9.17) is 0 Å². The molecule has 0 fully saturated rings. The Morgan fingerprint density at radius 1 is 1.29 bits per heavy atom. The van der Waals surface area contributed by atoms with Crippen LogP contribution >= 0.6 is 0 Å². The van der Waals surface area contributed by atoms with Gasteiger partial charge in [-0.05, 0) is 37.1 Å². The lowest BCUT2D eigenvalue weighted by molar-refractivity contribution is 0.595. The summed E-state index contributed by atoms with van der Waals surface area (Å²) < 4.78 is 23.5. The standard InChI is InChI=1S/C13H19NO2S/c1-3-5-10-14-12-6-8-13(9-7-12)17(15,16)11-4-2/h3,6-9,14H,1,4-5,10-11H2,2H3. The maximum Gasteiger partial charge on any atom is 0.178 e. The van der Waals surface area contributed by atoms with Gasteiger partial charge in [0.25, 0.3) is 0 Å². The summed E-state index contributed by atoms with van der Waals surface area (Å²) in [5, 5.41) is 3.19. The molecule has 0 aliphatic heterocycles. The highest BCUT2D eigenvalue weighted by atomic mass is 32.2. The average molecular weight is 253 g/mol. The van der Waals surface area contributed by atoms with Gasteiger partial charge in [-0.25, -0.2) is 8.42 Å². The molecule has 0 amide bonds. The Kier molecular flexibility index (Phi) is 5.22. The van der Waals surface area contributed by atoms with Gasteiger partial charge in [0.15, 0.2) is 9.84 Å². The Labute approximate surface area is 103 Å². The second kappa shape index (κ2) is 6.45. The fraction of sp³-hybridized carbons (Fsp3) is 0.385. The Balaban J connectivity index is 2.71. The second-order valence-electron chi connectivity index (χ2n) is 3.85. The third kappa shape index (κ3) is 4.23. The third-order valence-corrected chi connectivity index (χ3v) is 4.30. The fourth-order valence-electron chi connectivity index (χ4n) is 1.49. The highest BCUT2D eigenvalue weighted by Gasteiger charge is 2.12. The van der Waals surface area contributed by atoms with Crippen LogP contribution in [0.3, 0.4) is 0 Å². The minimum atomic E-state index is -3.10. The Morgan fingerprint density at radius 3 is 2.47 bits per heavy atom. The van der Waals surface area contributed by atoms with Crippen LogP contribution in [0.4, 0.5) is 5.69 Å². The van der Waals surface area contributed by atoms with Gasteiger partial charge >= 0.3 is 0 Å². The monoisotopic (exact) mass is 253 g/mol.